The molecule has 0 rings (SSSR count). The lowest BCUT2D eigenvalue weighted by atomic mass is 10.2. The van der Waals surface area contributed by atoms with E-state index in [1.807, 2.05) is 0 Å². The summed E-state index contributed by atoms with van der Waals surface area (Å²) in [7, 11) is 2.20. The number of unbranched alkanes of at least 4 members (excludes halogenated alkanes) is 3. The predicted molar refractivity (Wildman–Crippen MR) is 60.6 cm³/mol. The summed E-state index contributed by atoms with van der Waals surface area (Å²) in [4.78, 5) is 10.8. The SMILES string of the molecule is CCCCCCN(C)C(C)C.O=CO. The highest BCUT2D eigenvalue weighted by molar-refractivity contribution is 5.32. The zero-order valence-corrected chi connectivity index (χ0v) is 9.99. The summed E-state index contributed by atoms with van der Waals surface area (Å²) < 4.78 is 0. The fourth-order valence-corrected chi connectivity index (χ4v) is 1.05. The van der Waals surface area contributed by atoms with Gasteiger partial charge in [-0.2, -0.15) is 0 Å². The van der Waals surface area contributed by atoms with E-state index in [1.54, 1.807) is 0 Å². The second-order valence-corrected chi connectivity index (χ2v) is 3.74. The van der Waals surface area contributed by atoms with Crippen molar-refractivity contribution in [1.82, 2.24) is 4.90 Å². The van der Waals surface area contributed by atoms with E-state index < -0.39 is 0 Å². The van der Waals surface area contributed by atoms with E-state index in [2.05, 4.69) is 32.7 Å². The van der Waals surface area contributed by atoms with E-state index in [9.17, 15) is 0 Å². The lowest BCUT2D eigenvalue weighted by Gasteiger charge is -2.20. The molecule has 0 aliphatic carbocycles. The first kappa shape index (κ1) is 15.9. The van der Waals surface area contributed by atoms with Crippen molar-refractivity contribution in [2.24, 2.45) is 0 Å². The molecule has 0 aliphatic rings. The second kappa shape index (κ2) is 12.4. The highest BCUT2D eigenvalue weighted by Crippen LogP contribution is 2.01. The molecule has 86 valence electrons. The molecule has 14 heavy (non-hydrogen) atoms. The molecular weight excluding hydrogens is 178 g/mol. The summed E-state index contributed by atoms with van der Waals surface area (Å²) in [6, 6.07) is 0.705. The van der Waals surface area contributed by atoms with Gasteiger partial charge in [-0.1, -0.05) is 26.2 Å². The van der Waals surface area contributed by atoms with Crippen LogP contribution in [0.1, 0.15) is 46.5 Å². The van der Waals surface area contributed by atoms with Crippen LogP contribution in [0.5, 0.6) is 0 Å². The summed E-state index contributed by atoms with van der Waals surface area (Å²) in [6.07, 6.45) is 5.49. The summed E-state index contributed by atoms with van der Waals surface area (Å²) >= 11 is 0. The van der Waals surface area contributed by atoms with E-state index in [-0.39, 0.29) is 6.47 Å². The number of carboxylic acid groups (broad SMARTS) is 1. The van der Waals surface area contributed by atoms with Crippen molar-refractivity contribution in [2.75, 3.05) is 13.6 Å². The van der Waals surface area contributed by atoms with Gasteiger partial charge >= 0.3 is 0 Å². The Balaban J connectivity index is 0. The second-order valence-electron chi connectivity index (χ2n) is 3.74. The van der Waals surface area contributed by atoms with Gasteiger partial charge in [0.05, 0.1) is 0 Å². The van der Waals surface area contributed by atoms with Crippen molar-refractivity contribution >= 4 is 6.47 Å². The third-order valence-corrected chi connectivity index (χ3v) is 2.25. The van der Waals surface area contributed by atoms with Gasteiger partial charge in [0, 0.05) is 6.04 Å². The molecule has 0 amide bonds. The van der Waals surface area contributed by atoms with Crippen LogP contribution < -0.4 is 0 Å². The molecular formula is C11H25NO2. The van der Waals surface area contributed by atoms with Crippen molar-refractivity contribution in [3.63, 3.8) is 0 Å². The highest BCUT2D eigenvalue weighted by Gasteiger charge is 2.00. The minimum Gasteiger partial charge on any atom is -0.483 e. The molecule has 0 aromatic carbocycles. The Morgan fingerprint density at radius 1 is 1.29 bits per heavy atom. The third-order valence-electron chi connectivity index (χ3n) is 2.25. The number of rotatable bonds is 6. The number of hydrogen-bond donors (Lipinski definition) is 1. The van der Waals surface area contributed by atoms with Gasteiger partial charge in [0.15, 0.2) is 0 Å². The summed E-state index contributed by atoms with van der Waals surface area (Å²) in [6.45, 7) is 7.77. The van der Waals surface area contributed by atoms with Crippen LogP contribution in [0.2, 0.25) is 0 Å². The first-order valence-electron chi connectivity index (χ1n) is 5.38. The Bertz CT molecular complexity index is 116. The maximum Gasteiger partial charge on any atom is 0.290 e. The van der Waals surface area contributed by atoms with Crippen LogP contribution in [0, 0.1) is 0 Å². The Morgan fingerprint density at radius 3 is 2.14 bits per heavy atom. The molecule has 0 aliphatic heterocycles. The van der Waals surface area contributed by atoms with Crippen molar-refractivity contribution < 1.29 is 9.90 Å². The highest BCUT2D eigenvalue weighted by atomic mass is 16.3. The average Bonchev–Trinajstić information content (AvgIpc) is 2.13. The smallest absolute Gasteiger partial charge is 0.290 e. The standard InChI is InChI=1S/C10H23N.CH2O2/c1-5-6-7-8-9-11(4)10(2)3;2-1-3/h10H,5-9H2,1-4H3;1H,(H,2,3). The molecule has 0 saturated carbocycles. The lowest BCUT2D eigenvalue weighted by Crippen LogP contribution is -2.27. The first-order chi connectivity index (χ1) is 6.59. The van der Waals surface area contributed by atoms with Crippen LogP contribution in [0.25, 0.3) is 0 Å². The van der Waals surface area contributed by atoms with Crippen LogP contribution in [-0.2, 0) is 4.79 Å². The van der Waals surface area contributed by atoms with Gasteiger partial charge < -0.3 is 10.0 Å². The van der Waals surface area contributed by atoms with Crippen molar-refractivity contribution in [3.05, 3.63) is 0 Å². The molecule has 0 aromatic rings. The maximum atomic E-state index is 8.36. The minimum atomic E-state index is -0.250. The third kappa shape index (κ3) is 14.0. The van der Waals surface area contributed by atoms with Crippen LogP contribution in [0.3, 0.4) is 0 Å². The monoisotopic (exact) mass is 203 g/mol. The number of nitrogens with zero attached hydrogens (tertiary/aromatic N) is 1. The van der Waals surface area contributed by atoms with E-state index >= 15 is 0 Å². The summed E-state index contributed by atoms with van der Waals surface area (Å²) in [5.41, 5.74) is 0. The van der Waals surface area contributed by atoms with Crippen molar-refractivity contribution in [3.8, 4) is 0 Å². The number of hydrogen-bond acceptors (Lipinski definition) is 2. The van der Waals surface area contributed by atoms with Gasteiger partial charge in [-0.05, 0) is 33.9 Å². The van der Waals surface area contributed by atoms with Crippen LogP contribution >= 0.6 is 0 Å². The zero-order valence-electron chi connectivity index (χ0n) is 9.99. The molecule has 3 nitrogen and oxygen atoms in total. The van der Waals surface area contributed by atoms with Crippen molar-refractivity contribution in [2.45, 2.75) is 52.5 Å². The first-order valence-corrected chi connectivity index (χ1v) is 5.38. The van der Waals surface area contributed by atoms with E-state index in [1.165, 1.54) is 32.2 Å². The van der Waals surface area contributed by atoms with Gasteiger partial charge in [0.25, 0.3) is 6.47 Å². The minimum absolute atomic E-state index is 0.250. The summed E-state index contributed by atoms with van der Waals surface area (Å²) in [5.74, 6) is 0. The molecule has 0 radical (unpaired) electrons. The largest absolute Gasteiger partial charge is 0.483 e. The zero-order chi connectivity index (χ0) is 11.4. The Morgan fingerprint density at radius 2 is 1.79 bits per heavy atom. The molecule has 0 atom stereocenters. The lowest BCUT2D eigenvalue weighted by molar-refractivity contribution is -0.122. The normalized spacial score (nSPS) is 9.86. The molecule has 0 spiro atoms. The van der Waals surface area contributed by atoms with Gasteiger partial charge in [0.1, 0.15) is 0 Å². The van der Waals surface area contributed by atoms with Gasteiger partial charge in [0.2, 0.25) is 0 Å². The molecule has 0 saturated heterocycles. The number of carbonyl (C=O) groups is 1. The molecule has 0 aromatic heterocycles. The van der Waals surface area contributed by atoms with E-state index in [0.29, 0.717) is 6.04 Å². The maximum absolute atomic E-state index is 8.36. The fourth-order valence-electron chi connectivity index (χ4n) is 1.05. The Kier molecular flexibility index (Phi) is 14.1. The van der Waals surface area contributed by atoms with E-state index in [4.69, 9.17) is 9.90 Å². The molecule has 0 bridgehead atoms. The summed E-state index contributed by atoms with van der Waals surface area (Å²) in [5, 5.41) is 6.89. The Labute approximate surface area is 88.1 Å². The predicted octanol–water partition coefficient (Wildman–Crippen LogP) is 2.61. The van der Waals surface area contributed by atoms with E-state index in [0.717, 1.165) is 0 Å². The Hall–Kier alpha value is -0.570. The van der Waals surface area contributed by atoms with Crippen LogP contribution in [0.4, 0.5) is 0 Å². The molecule has 3 heteroatoms. The molecule has 0 unspecified atom stereocenters. The van der Waals surface area contributed by atoms with Crippen LogP contribution in [-0.4, -0.2) is 36.1 Å². The van der Waals surface area contributed by atoms with Gasteiger partial charge in [-0.25, -0.2) is 0 Å². The fraction of sp³-hybridized carbons (Fsp3) is 0.909. The quantitative estimate of drug-likeness (QED) is 0.533. The van der Waals surface area contributed by atoms with Gasteiger partial charge in [-0.3, -0.25) is 4.79 Å². The van der Waals surface area contributed by atoms with Gasteiger partial charge in [-0.15, -0.1) is 0 Å². The molecule has 0 fully saturated rings. The average molecular weight is 203 g/mol. The van der Waals surface area contributed by atoms with Crippen molar-refractivity contribution in [1.29, 1.82) is 0 Å². The molecule has 1 N–H and O–H groups in total. The van der Waals surface area contributed by atoms with Crippen LogP contribution in [0.15, 0.2) is 0 Å². The topological polar surface area (TPSA) is 40.5 Å². The molecule has 0 heterocycles.